The van der Waals surface area contributed by atoms with Gasteiger partial charge in [0, 0.05) is 18.5 Å². The van der Waals surface area contributed by atoms with Gasteiger partial charge in [0.2, 0.25) is 0 Å². The van der Waals surface area contributed by atoms with Crippen molar-refractivity contribution >= 4 is 28.1 Å². The number of benzene rings is 1. The second kappa shape index (κ2) is 8.02. The van der Waals surface area contributed by atoms with Crippen LogP contribution in [0.4, 0.5) is 0 Å². The summed E-state index contributed by atoms with van der Waals surface area (Å²) in [5.74, 6) is -0.0414. The number of pyridine rings is 1. The summed E-state index contributed by atoms with van der Waals surface area (Å²) >= 11 is 1.64. The van der Waals surface area contributed by atoms with Crippen LogP contribution in [0.2, 0.25) is 0 Å². The monoisotopic (exact) mass is 395 g/mol. The number of aryl methyl sites for hydroxylation is 2. The Morgan fingerprint density at radius 1 is 1.18 bits per heavy atom. The molecule has 3 aromatic rings. The topological polar surface area (TPSA) is 45.2 Å². The SMILES string of the molecule is Cc1cc2nc(-c3cccs3)cc(C(=O)NCC(C)(C)CN(C)C)c2cc1C. The minimum absolute atomic E-state index is 0.00885. The lowest BCUT2D eigenvalue weighted by atomic mass is 9.92. The minimum Gasteiger partial charge on any atom is -0.351 e. The fraction of sp³-hybridized carbons (Fsp3) is 0.391. The van der Waals surface area contributed by atoms with Crippen LogP contribution in [0.3, 0.4) is 0 Å². The summed E-state index contributed by atoms with van der Waals surface area (Å²) in [4.78, 5) is 21.2. The molecule has 0 spiro atoms. The number of hydrogen-bond donors (Lipinski definition) is 1. The summed E-state index contributed by atoms with van der Waals surface area (Å²) < 4.78 is 0. The van der Waals surface area contributed by atoms with E-state index in [0.717, 1.165) is 28.0 Å². The standard InChI is InChI=1S/C23H29N3OS/c1-15-10-17-18(22(27)24-13-23(3,4)14-26(5)6)12-20(21-8-7-9-28-21)25-19(17)11-16(15)2/h7-12H,13-14H2,1-6H3,(H,24,27). The maximum Gasteiger partial charge on any atom is 0.252 e. The Balaban J connectivity index is 2.00. The van der Waals surface area contributed by atoms with E-state index in [1.54, 1.807) is 11.3 Å². The fourth-order valence-corrected chi connectivity index (χ4v) is 4.24. The Morgan fingerprint density at radius 3 is 2.54 bits per heavy atom. The molecule has 0 saturated heterocycles. The summed E-state index contributed by atoms with van der Waals surface area (Å²) in [6.07, 6.45) is 0. The van der Waals surface area contributed by atoms with Crippen molar-refractivity contribution in [3.8, 4) is 10.6 Å². The van der Waals surface area contributed by atoms with Crippen molar-refractivity contribution in [2.45, 2.75) is 27.7 Å². The first-order valence-electron chi connectivity index (χ1n) is 9.55. The molecule has 28 heavy (non-hydrogen) atoms. The molecule has 0 aliphatic heterocycles. The molecule has 2 heterocycles. The Kier molecular flexibility index (Phi) is 5.87. The molecule has 0 aliphatic rings. The van der Waals surface area contributed by atoms with Crippen molar-refractivity contribution < 1.29 is 4.79 Å². The van der Waals surface area contributed by atoms with E-state index in [1.807, 2.05) is 23.6 Å². The van der Waals surface area contributed by atoms with Crippen LogP contribution in [0.15, 0.2) is 35.7 Å². The molecular formula is C23H29N3OS. The molecule has 5 heteroatoms. The molecule has 0 radical (unpaired) electrons. The zero-order valence-corrected chi connectivity index (χ0v) is 18.4. The average molecular weight is 396 g/mol. The van der Waals surface area contributed by atoms with Gasteiger partial charge in [-0.3, -0.25) is 4.79 Å². The van der Waals surface area contributed by atoms with E-state index in [2.05, 4.69) is 64.1 Å². The Labute approximate surface area is 171 Å². The lowest BCUT2D eigenvalue weighted by Gasteiger charge is -2.28. The highest BCUT2D eigenvalue weighted by Gasteiger charge is 2.22. The van der Waals surface area contributed by atoms with Crippen LogP contribution in [-0.2, 0) is 0 Å². The number of rotatable bonds is 6. The number of hydrogen-bond acceptors (Lipinski definition) is 4. The van der Waals surface area contributed by atoms with E-state index in [-0.39, 0.29) is 11.3 Å². The van der Waals surface area contributed by atoms with Gasteiger partial charge in [-0.1, -0.05) is 19.9 Å². The maximum atomic E-state index is 13.2. The van der Waals surface area contributed by atoms with Gasteiger partial charge in [0.05, 0.1) is 21.7 Å². The average Bonchev–Trinajstić information content (AvgIpc) is 3.13. The van der Waals surface area contributed by atoms with Gasteiger partial charge in [0.15, 0.2) is 0 Å². The first kappa shape index (κ1) is 20.5. The second-order valence-electron chi connectivity index (χ2n) is 8.57. The van der Waals surface area contributed by atoms with E-state index in [4.69, 9.17) is 4.98 Å². The molecule has 3 rings (SSSR count). The van der Waals surface area contributed by atoms with Gasteiger partial charge < -0.3 is 10.2 Å². The zero-order chi connectivity index (χ0) is 20.5. The van der Waals surface area contributed by atoms with Crippen molar-refractivity contribution in [1.82, 2.24) is 15.2 Å². The first-order valence-corrected chi connectivity index (χ1v) is 10.4. The van der Waals surface area contributed by atoms with E-state index in [1.165, 1.54) is 11.1 Å². The summed E-state index contributed by atoms with van der Waals surface area (Å²) in [6.45, 7) is 10.0. The third-order valence-corrected chi connectivity index (χ3v) is 5.81. The van der Waals surface area contributed by atoms with Gasteiger partial charge in [-0.25, -0.2) is 4.98 Å². The van der Waals surface area contributed by atoms with Crippen molar-refractivity contribution in [3.05, 3.63) is 52.4 Å². The largest absolute Gasteiger partial charge is 0.351 e. The highest BCUT2D eigenvalue weighted by atomic mass is 32.1. The number of carbonyl (C=O) groups is 1. The smallest absolute Gasteiger partial charge is 0.252 e. The maximum absolute atomic E-state index is 13.2. The normalized spacial score (nSPS) is 12.0. The summed E-state index contributed by atoms with van der Waals surface area (Å²) in [7, 11) is 4.11. The van der Waals surface area contributed by atoms with Crippen LogP contribution >= 0.6 is 11.3 Å². The lowest BCUT2D eigenvalue weighted by Crippen LogP contribution is -2.40. The van der Waals surface area contributed by atoms with Crippen LogP contribution in [-0.4, -0.2) is 43.0 Å². The van der Waals surface area contributed by atoms with Crippen molar-refractivity contribution in [2.24, 2.45) is 5.41 Å². The molecule has 0 unspecified atom stereocenters. The highest BCUT2D eigenvalue weighted by molar-refractivity contribution is 7.13. The molecule has 4 nitrogen and oxygen atoms in total. The number of thiophene rings is 1. The molecule has 0 bridgehead atoms. The Hall–Kier alpha value is -2.24. The molecule has 1 aromatic carbocycles. The van der Waals surface area contributed by atoms with Crippen molar-refractivity contribution in [3.63, 3.8) is 0 Å². The Bertz CT molecular complexity index is 991. The summed E-state index contributed by atoms with van der Waals surface area (Å²) in [5, 5.41) is 6.09. The van der Waals surface area contributed by atoms with Crippen LogP contribution in [0.5, 0.6) is 0 Å². The van der Waals surface area contributed by atoms with E-state index in [0.29, 0.717) is 12.1 Å². The molecule has 0 aliphatic carbocycles. The summed E-state index contributed by atoms with van der Waals surface area (Å²) in [5.41, 5.74) is 4.75. The molecule has 1 amide bonds. The third kappa shape index (κ3) is 4.59. The molecule has 0 saturated carbocycles. The predicted octanol–water partition coefficient (Wildman–Crippen LogP) is 4.90. The highest BCUT2D eigenvalue weighted by Crippen LogP contribution is 2.29. The van der Waals surface area contributed by atoms with Crippen LogP contribution in [0.25, 0.3) is 21.5 Å². The number of amides is 1. The van der Waals surface area contributed by atoms with E-state index >= 15 is 0 Å². The van der Waals surface area contributed by atoms with E-state index < -0.39 is 0 Å². The zero-order valence-electron chi connectivity index (χ0n) is 17.6. The second-order valence-corrected chi connectivity index (χ2v) is 9.52. The predicted molar refractivity (Wildman–Crippen MR) is 119 cm³/mol. The molecule has 148 valence electrons. The molecule has 0 atom stereocenters. The molecular weight excluding hydrogens is 366 g/mol. The number of fused-ring (bicyclic) bond motifs is 1. The first-order chi connectivity index (χ1) is 13.2. The molecule has 2 aromatic heterocycles. The number of aromatic nitrogens is 1. The summed E-state index contributed by atoms with van der Waals surface area (Å²) in [6, 6.07) is 10.1. The van der Waals surface area contributed by atoms with Gasteiger partial charge in [0.25, 0.3) is 5.91 Å². The third-order valence-electron chi connectivity index (χ3n) is 4.91. The van der Waals surface area contributed by atoms with Crippen LogP contribution in [0.1, 0.15) is 35.3 Å². The van der Waals surface area contributed by atoms with Gasteiger partial charge in [0.1, 0.15) is 0 Å². The van der Waals surface area contributed by atoms with E-state index in [9.17, 15) is 4.79 Å². The molecule has 0 fully saturated rings. The fourth-order valence-electron chi connectivity index (χ4n) is 3.55. The number of nitrogens with one attached hydrogen (secondary N) is 1. The van der Waals surface area contributed by atoms with Gasteiger partial charge in [-0.2, -0.15) is 0 Å². The Morgan fingerprint density at radius 2 is 1.89 bits per heavy atom. The van der Waals surface area contributed by atoms with Crippen molar-refractivity contribution in [2.75, 3.05) is 27.2 Å². The minimum atomic E-state index is -0.0414. The number of carbonyl (C=O) groups excluding carboxylic acids is 1. The van der Waals surface area contributed by atoms with Gasteiger partial charge in [-0.05, 0) is 74.1 Å². The van der Waals surface area contributed by atoms with Crippen LogP contribution in [0, 0.1) is 19.3 Å². The van der Waals surface area contributed by atoms with Crippen molar-refractivity contribution in [1.29, 1.82) is 0 Å². The van der Waals surface area contributed by atoms with Gasteiger partial charge >= 0.3 is 0 Å². The van der Waals surface area contributed by atoms with Gasteiger partial charge in [-0.15, -0.1) is 11.3 Å². The molecule has 1 N–H and O–H groups in total. The number of nitrogens with zero attached hydrogens (tertiary/aromatic N) is 2. The lowest BCUT2D eigenvalue weighted by molar-refractivity contribution is 0.0931. The van der Waals surface area contributed by atoms with Crippen LogP contribution < -0.4 is 5.32 Å². The quantitative estimate of drug-likeness (QED) is 0.646.